The average Bonchev–Trinajstić information content (AvgIpc) is 2.89. The summed E-state index contributed by atoms with van der Waals surface area (Å²) in [7, 11) is 0. The zero-order valence-electron chi connectivity index (χ0n) is 18.8. The van der Waals surface area contributed by atoms with Gasteiger partial charge in [0.25, 0.3) is 11.8 Å². The molecule has 0 fully saturated rings. The molecule has 0 saturated heterocycles. The third-order valence-corrected chi connectivity index (χ3v) is 6.64. The third-order valence-electron chi connectivity index (χ3n) is 5.05. The molecule has 4 nitrogen and oxygen atoms in total. The molecular formula is C29H23BrN2O2S. The first-order valence-electron chi connectivity index (χ1n) is 11.0. The van der Waals surface area contributed by atoms with Gasteiger partial charge in [0.1, 0.15) is 5.70 Å². The van der Waals surface area contributed by atoms with E-state index in [4.69, 9.17) is 0 Å². The third kappa shape index (κ3) is 7.44. The van der Waals surface area contributed by atoms with Gasteiger partial charge in [0.15, 0.2) is 0 Å². The van der Waals surface area contributed by atoms with Gasteiger partial charge >= 0.3 is 0 Å². The van der Waals surface area contributed by atoms with Crippen molar-refractivity contribution in [2.75, 3.05) is 5.32 Å². The number of halogens is 1. The van der Waals surface area contributed by atoms with Crippen LogP contribution >= 0.6 is 27.7 Å². The molecule has 6 heteroatoms. The molecule has 4 aromatic carbocycles. The lowest BCUT2D eigenvalue weighted by Gasteiger charge is -2.12. The van der Waals surface area contributed by atoms with Crippen LogP contribution in [-0.4, -0.2) is 11.8 Å². The molecule has 0 radical (unpaired) electrons. The number of hydrogen-bond donors (Lipinski definition) is 2. The van der Waals surface area contributed by atoms with Gasteiger partial charge in [0.05, 0.1) is 0 Å². The highest BCUT2D eigenvalue weighted by Gasteiger charge is 2.15. The molecule has 0 aliphatic heterocycles. The van der Waals surface area contributed by atoms with E-state index >= 15 is 0 Å². The predicted molar refractivity (Wildman–Crippen MR) is 147 cm³/mol. The second-order valence-corrected chi connectivity index (χ2v) is 9.65. The number of nitrogens with one attached hydrogen (secondary N) is 2. The zero-order valence-corrected chi connectivity index (χ0v) is 21.2. The Bertz CT molecular complexity index is 1320. The van der Waals surface area contributed by atoms with Crippen LogP contribution in [0.4, 0.5) is 5.69 Å². The van der Waals surface area contributed by atoms with E-state index in [0.29, 0.717) is 11.3 Å². The Kier molecular flexibility index (Phi) is 8.54. The van der Waals surface area contributed by atoms with Gasteiger partial charge in [-0.3, -0.25) is 9.59 Å². The Labute approximate surface area is 217 Å². The summed E-state index contributed by atoms with van der Waals surface area (Å²) in [6.45, 7) is 0. The average molecular weight is 543 g/mol. The summed E-state index contributed by atoms with van der Waals surface area (Å²) in [5.74, 6) is 0.0822. The van der Waals surface area contributed by atoms with E-state index in [1.807, 2.05) is 72.8 Å². The zero-order chi connectivity index (χ0) is 24.5. The standard InChI is InChI=1S/C29H23BrN2O2S/c30-24-16-14-21(15-17-24)18-27(32-28(33)23-10-5-2-6-11-23)29(34)31-25-12-7-13-26(19-25)35-20-22-8-3-1-4-9-22/h1-19H,20H2,(H,31,34)(H,32,33)/b27-18-. The predicted octanol–water partition coefficient (Wildman–Crippen LogP) is 7.15. The van der Waals surface area contributed by atoms with Crippen molar-refractivity contribution in [1.82, 2.24) is 5.32 Å². The van der Waals surface area contributed by atoms with Gasteiger partial charge in [0, 0.05) is 26.4 Å². The number of carbonyl (C=O) groups is 2. The number of amides is 2. The van der Waals surface area contributed by atoms with Crippen LogP contribution in [0.25, 0.3) is 6.08 Å². The molecular weight excluding hydrogens is 520 g/mol. The normalized spacial score (nSPS) is 11.1. The summed E-state index contributed by atoms with van der Waals surface area (Å²) in [5, 5.41) is 5.70. The molecule has 0 bridgehead atoms. The summed E-state index contributed by atoms with van der Waals surface area (Å²) >= 11 is 5.11. The Morgan fingerprint density at radius 2 is 1.49 bits per heavy atom. The van der Waals surface area contributed by atoms with Gasteiger partial charge in [0.2, 0.25) is 0 Å². The van der Waals surface area contributed by atoms with Crippen molar-refractivity contribution < 1.29 is 9.59 Å². The van der Waals surface area contributed by atoms with Crippen LogP contribution in [0.15, 0.2) is 124 Å². The highest BCUT2D eigenvalue weighted by Crippen LogP contribution is 2.25. The number of rotatable bonds is 8. The van der Waals surface area contributed by atoms with E-state index in [1.165, 1.54) is 5.56 Å². The molecule has 0 aliphatic carbocycles. The lowest BCUT2D eigenvalue weighted by atomic mass is 10.1. The number of benzene rings is 4. The molecule has 35 heavy (non-hydrogen) atoms. The SMILES string of the molecule is O=C(Nc1cccc(SCc2ccccc2)c1)/C(=C/c1ccc(Br)cc1)NC(=O)c1ccccc1. The van der Waals surface area contributed by atoms with Crippen LogP contribution in [0.1, 0.15) is 21.5 Å². The number of carbonyl (C=O) groups excluding carboxylic acids is 2. The Morgan fingerprint density at radius 1 is 0.800 bits per heavy atom. The van der Waals surface area contributed by atoms with Crippen molar-refractivity contribution in [3.63, 3.8) is 0 Å². The summed E-state index contributed by atoms with van der Waals surface area (Å²) in [4.78, 5) is 27.1. The van der Waals surface area contributed by atoms with Gasteiger partial charge in [-0.2, -0.15) is 0 Å². The maximum atomic E-state index is 13.2. The van der Waals surface area contributed by atoms with Crippen molar-refractivity contribution >= 4 is 51.3 Å². The minimum atomic E-state index is -0.401. The van der Waals surface area contributed by atoms with Crippen LogP contribution in [0.2, 0.25) is 0 Å². The van der Waals surface area contributed by atoms with Crippen LogP contribution in [-0.2, 0) is 10.5 Å². The molecule has 4 aromatic rings. The quantitative estimate of drug-likeness (QED) is 0.183. The number of hydrogen-bond acceptors (Lipinski definition) is 3. The topological polar surface area (TPSA) is 58.2 Å². The molecule has 0 aromatic heterocycles. The summed E-state index contributed by atoms with van der Waals surface area (Å²) < 4.78 is 0.929. The van der Waals surface area contributed by atoms with Crippen LogP contribution < -0.4 is 10.6 Å². The van der Waals surface area contributed by atoms with Crippen molar-refractivity contribution in [1.29, 1.82) is 0 Å². The fourth-order valence-corrected chi connectivity index (χ4v) is 4.45. The summed E-state index contributed by atoms with van der Waals surface area (Å²) in [6, 6.07) is 34.2. The minimum absolute atomic E-state index is 0.156. The van der Waals surface area contributed by atoms with E-state index in [-0.39, 0.29) is 11.6 Å². The first-order valence-corrected chi connectivity index (χ1v) is 12.8. The van der Waals surface area contributed by atoms with E-state index in [2.05, 4.69) is 38.7 Å². The molecule has 0 spiro atoms. The van der Waals surface area contributed by atoms with E-state index < -0.39 is 5.91 Å². The first kappa shape index (κ1) is 24.5. The number of anilines is 1. The van der Waals surface area contributed by atoms with Gasteiger partial charge < -0.3 is 10.6 Å². The van der Waals surface area contributed by atoms with E-state index in [1.54, 1.807) is 42.1 Å². The Morgan fingerprint density at radius 3 is 2.20 bits per heavy atom. The summed E-state index contributed by atoms with van der Waals surface area (Å²) in [5.41, 5.74) is 3.31. The highest BCUT2D eigenvalue weighted by atomic mass is 79.9. The lowest BCUT2D eigenvalue weighted by molar-refractivity contribution is -0.113. The van der Waals surface area contributed by atoms with Crippen molar-refractivity contribution in [2.45, 2.75) is 10.6 Å². The van der Waals surface area contributed by atoms with Gasteiger partial charge in [-0.1, -0.05) is 82.7 Å². The minimum Gasteiger partial charge on any atom is -0.321 e. The van der Waals surface area contributed by atoms with Crippen molar-refractivity contribution in [2.24, 2.45) is 0 Å². The Hall–Kier alpha value is -3.61. The molecule has 0 heterocycles. The summed E-state index contributed by atoms with van der Waals surface area (Å²) in [6.07, 6.45) is 1.66. The number of thioether (sulfide) groups is 1. The second kappa shape index (κ2) is 12.2. The molecule has 4 rings (SSSR count). The lowest BCUT2D eigenvalue weighted by Crippen LogP contribution is -2.30. The largest absolute Gasteiger partial charge is 0.321 e. The fraction of sp³-hybridized carbons (Fsp3) is 0.0345. The monoisotopic (exact) mass is 542 g/mol. The second-order valence-electron chi connectivity index (χ2n) is 7.69. The molecule has 0 saturated carbocycles. The molecule has 0 atom stereocenters. The maximum Gasteiger partial charge on any atom is 0.272 e. The molecule has 2 N–H and O–H groups in total. The Balaban J connectivity index is 1.51. The van der Waals surface area contributed by atoms with Gasteiger partial charge in [-0.25, -0.2) is 0 Å². The van der Waals surface area contributed by atoms with Crippen molar-refractivity contribution in [3.8, 4) is 0 Å². The molecule has 174 valence electrons. The molecule has 0 unspecified atom stereocenters. The fourth-order valence-electron chi connectivity index (χ4n) is 3.27. The van der Waals surface area contributed by atoms with E-state index in [0.717, 1.165) is 20.7 Å². The first-order chi connectivity index (χ1) is 17.1. The van der Waals surface area contributed by atoms with Crippen LogP contribution in [0.5, 0.6) is 0 Å². The van der Waals surface area contributed by atoms with Gasteiger partial charge in [-0.05, 0) is 59.7 Å². The maximum absolute atomic E-state index is 13.2. The molecule has 0 aliphatic rings. The van der Waals surface area contributed by atoms with E-state index in [9.17, 15) is 9.59 Å². The highest BCUT2D eigenvalue weighted by molar-refractivity contribution is 9.10. The van der Waals surface area contributed by atoms with Crippen molar-refractivity contribution in [3.05, 3.63) is 136 Å². The molecule has 2 amide bonds. The smallest absolute Gasteiger partial charge is 0.272 e. The van der Waals surface area contributed by atoms with Crippen LogP contribution in [0, 0.1) is 0 Å². The van der Waals surface area contributed by atoms with Crippen LogP contribution in [0.3, 0.4) is 0 Å². The van der Waals surface area contributed by atoms with Gasteiger partial charge in [-0.15, -0.1) is 11.8 Å².